The fourth-order valence-corrected chi connectivity index (χ4v) is 5.39. The zero-order chi connectivity index (χ0) is 24.6. The van der Waals surface area contributed by atoms with E-state index in [9.17, 15) is 19.5 Å². The molecule has 3 aliphatic rings. The summed E-state index contributed by atoms with van der Waals surface area (Å²) in [5.74, 6) is -1.09. The number of alkyl carbamates (subject to hydrolysis) is 1. The molecule has 2 N–H and O–H groups in total. The summed E-state index contributed by atoms with van der Waals surface area (Å²) in [6.07, 6.45) is -0.0559. The zero-order valence-corrected chi connectivity index (χ0v) is 19.7. The third-order valence-electron chi connectivity index (χ3n) is 7.68. The summed E-state index contributed by atoms with van der Waals surface area (Å²) in [4.78, 5) is 38.9. The second-order valence-electron chi connectivity index (χ2n) is 9.85. The van der Waals surface area contributed by atoms with Crippen LogP contribution in [0.2, 0.25) is 0 Å². The van der Waals surface area contributed by atoms with Crippen molar-refractivity contribution in [2.45, 2.75) is 44.2 Å². The standard InChI is InChI=1S/C27H30N2O6/c1-27(25(31)32)11-13-29(14-12-27)24(30)23-22(10-15-34-23)28-26(33)35-16-21-19-8-4-2-6-17(19)18-7-3-5-9-20(18)21/h2-9,21-23H,10-16H2,1H3,(H,28,33)(H,31,32)/t22-,23+/m1/s1. The number of carboxylic acids is 1. The molecule has 0 aromatic heterocycles. The highest BCUT2D eigenvalue weighted by Crippen LogP contribution is 2.44. The van der Waals surface area contributed by atoms with Crippen LogP contribution in [0.5, 0.6) is 0 Å². The first-order chi connectivity index (χ1) is 16.9. The maximum Gasteiger partial charge on any atom is 0.407 e. The monoisotopic (exact) mass is 478 g/mol. The summed E-state index contributed by atoms with van der Waals surface area (Å²) < 4.78 is 11.3. The lowest BCUT2D eigenvalue weighted by Crippen LogP contribution is -2.53. The molecule has 0 bridgehead atoms. The molecule has 2 atom stereocenters. The number of carbonyl (C=O) groups excluding carboxylic acids is 2. The average molecular weight is 479 g/mol. The van der Waals surface area contributed by atoms with Crippen molar-refractivity contribution < 1.29 is 29.0 Å². The van der Waals surface area contributed by atoms with E-state index < -0.39 is 29.6 Å². The van der Waals surface area contributed by atoms with Crippen molar-refractivity contribution >= 4 is 18.0 Å². The van der Waals surface area contributed by atoms with Crippen molar-refractivity contribution in [1.29, 1.82) is 0 Å². The van der Waals surface area contributed by atoms with E-state index in [0.717, 1.165) is 22.3 Å². The van der Waals surface area contributed by atoms with Gasteiger partial charge in [-0.1, -0.05) is 48.5 Å². The predicted octanol–water partition coefficient (Wildman–Crippen LogP) is 3.40. The molecule has 2 aliphatic heterocycles. The van der Waals surface area contributed by atoms with Gasteiger partial charge < -0.3 is 24.8 Å². The average Bonchev–Trinajstić information content (AvgIpc) is 3.45. The van der Waals surface area contributed by atoms with Crippen molar-refractivity contribution in [3.8, 4) is 11.1 Å². The molecule has 184 valence electrons. The van der Waals surface area contributed by atoms with Crippen LogP contribution in [0.15, 0.2) is 48.5 Å². The lowest BCUT2D eigenvalue weighted by atomic mass is 9.80. The molecular weight excluding hydrogens is 448 g/mol. The summed E-state index contributed by atoms with van der Waals surface area (Å²) in [6.45, 7) is 3.00. The van der Waals surface area contributed by atoms with Gasteiger partial charge in [-0.25, -0.2) is 4.79 Å². The number of benzene rings is 2. The number of piperidine rings is 1. The van der Waals surface area contributed by atoms with E-state index in [1.165, 1.54) is 0 Å². The number of ether oxygens (including phenoxy) is 2. The highest BCUT2D eigenvalue weighted by Gasteiger charge is 2.43. The number of nitrogens with one attached hydrogen (secondary N) is 1. The molecule has 2 saturated heterocycles. The number of rotatable bonds is 5. The van der Waals surface area contributed by atoms with Gasteiger partial charge in [-0.2, -0.15) is 0 Å². The van der Waals surface area contributed by atoms with Gasteiger partial charge in [-0.15, -0.1) is 0 Å². The number of aliphatic carboxylic acids is 1. The van der Waals surface area contributed by atoms with Crippen LogP contribution in [0.1, 0.15) is 43.2 Å². The van der Waals surface area contributed by atoms with Crippen LogP contribution in [0.3, 0.4) is 0 Å². The predicted molar refractivity (Wildman–Crippen MR) is 128 cm³/mol. The Bertz CT molecular complexity index is 1090. The lowest BCUT2D eigenvalue weighted by molar-refractivity contribution is -0.155. The van der Waals surface area contributed by atoms with Crippen LogP contribution in [-0.4, -0.2) is 66.4 Å². The maximum absolute atomic E-state index is 13.1. The Hall–Kier alpha value is -3.39. The van der Waals surface area contributed by atoms with Crippen LogP contribution < -0.4 is 5.32 Å². The minimum Gasteiger partial charge on any atom is -0.481 e. The molecule has 8 heteroatoms. The summed E-state index contributed by atoms with van der Waals surface area (Å²) in [7, 11) is 0. The van der Waals surface area contributed by atoms with E-state index in [4.69, 9.17) is 9.47 Å². The second kappa shape index (κ2) is 9.34. The minimum absolute atomic E-state index is 0.0395. The molecule has 2 aromatic carbocycles. The highest BCUT2D eigenvalue weighted by molar-refractivity contribution is 5.84. The number of fused-ring (bicyclic) bond motifs is 3. The fraction of sp³-hybridized carbons (Fsp3) is 0.444. The van der Waals surface area contributed by atoms with E-state index in [1.54, 1.807) is 11.8 Å². The Balaban J connectivity index is 1.18. The summed E-state index contributed by atoms with van der Waals surface area (Å²) in [5, 5.41) is 12.3. The van der Waals surface area contributed by atoms with Crippen molar-refractivity contribution in [2.75, 3.05) is 26.3 Å². The van der Waals surface area contributed by atoms with Crippen LogP contribution in [0, 0.1) is 5.41 Å². The van der Waals surface area contributed by atoms with Crippen LogP contribution in [0.25, 0.3) is 11.1 Å². The SMILES string of the molecule is CC1(C(=O)O)CCN(C(=O)[C@H]2OCC[C@H]2NC(=O)OCC2c3ccccc3-c3ccccc32)CC1. The van der Waals surface area contributed by atoms with E-state index in [0.29, 0.717) is 39.0 Å². The van der Waals surface area contributed by atoms with Crippen molar-refractivity contribution in [1.82, 2.24) is 10.2 Å². The Labute approximate surface area is 204 Å². The summed E-state index contributed by atoms with van der Waals surface area (Å²) >= 11 is 0. The van der Waals surface area contributed by atoms with Gasteiger partial charge in [-0.3, -0.25) is 9.59 Å². The van der Waals surface area contributed by atoms with Crippen molar-refractivity contribution in [3.05, 3.63) is 59.7 Å². The molecular formula is C27H30N2O6. The first-order valence-corrected chi connectivity index (χ1v) is 12.1. The van der Waals surface area contributed by atoms with Gasteiger partial charge in [0, 0.05) is 25.6 Å². The molecule has 2 heterocycles. The van der Waals surface area contributed by atoms with Crippen LogP contribution in [-0.2, 0) is 19.1 Å². The zero-order valence-electron chi connectivity index (χ0n) is 19.7. The highest BCUT2D eigenvalue weighted by atomic mass is 16.6. The molecule has 2 aromatic rings. The number of likely N-dealkylation sites (tertiary alicyclic amines) is 1. The Morgan fingerprint density at radius 1 is 1.06 bits per heavy atom. The Morgan fingerprint density at radius 2 is 1.66 bits per heavy atom. The van der Waals surface area contributed by atoms with Gasteiger partial charge >= 0.3 is 12.1 Å². The maximum atomic E-state index is 13.1. The quantitative estimate of drug-likeness (QED) is 0.683. The molecule has 0 spiro atoms. The molecule has 2 fully saturated rings. The minimum atomic E-state index is -0.837. The van der Waals surface area contributed by atoms with Gasteiger partial charge in [0.25, 0.3) is 5.91 Å². The first kappa shape index (κ1) is 23.4. The molecule has 0 saturated carbocycles. The lowest BCUT2D eigenvalue weighted by Gasteiger charge is -2.37. The van der Waals surface area contributed by atoms with E-state index in [1.807, 2.05) is 24.3 Å². The molecule has 8 nitrogen and oxygen atoms in total. The normalized spacial score (nSPS) is 22.8. The van der Waals surface area contributed by atoms with Gasteiger partial charge in [0.15, 0.2) is 6.10 Å². The largest absolute Gasteiger partial charge is 0.481 e. The van der Waals surface area contributed by atoms with Crippen LogP contribution in [0.4, 0.5) is 4.79 Å². The smallest absolute Gasteiger partial charge is 0.407 e. The number of amides is 2. The first-order valence-electron chi connectivity index (χ1n) is 12.1. The van der Waals surface area contributed by atoms with Gasteiger partial charge in [-0.05, 0) is 48.4 Å². The van der Waals surface area contributed by atoms with Gasteiger partial charge in [0.05, 0.1) is 11.5 Å². The molecule has 35 heavy (non-hydrogen) atoms. The molecule has 5 rings (SSSR count). The van der Waals surface area contributed by atoms with Gasteiger partial charge in [0.2, 0.25) is 0 Å². The van der Waals surface area contributed by atoms with Crippen molar-refractivity contribution in [3.63, 3.8) is 0 Å². The van der Waals surface area contributed by atoms with Gasteiger partial charge in [0.1, 0.15) is 6.61 Å². The molecule has 2 amide bonds. The molecule has 0 unspecified atom stereocenters. The topological polar surface area (TPSA) is 105 Å². The number of carbonyl (C=O) groups is 3. The summed E-state index contributed by atoms with van der Waals surface area (Å²) in [5.41, 5.74) is 3.78. The van der Waals surface area contributed by atoms with E-state index >= 15 is 0 Å². The number of hydrogen-bond donors (Lipinski definition) is 2. The molecule has 1 aliphatic carbocycles. The van der Waals surface area contributed by atoms with E-state index in [2.05, 4.69) is 29.6 Å². The number of nitrogens with zero attached hydrogens (tertiary/aromatic N) is 1. The Kier molecular flexibility index (Phi) is 6.23. The van der Waals surface area contributed by atoms with E-state index in [-0.39, 0.29) is 18.4 Å². The Morgan fingerprint density at radius 3 is 2.26 bits per heavy atom. The fourth-order valence-electron chi connectivity index (χ4n) is 5.39. The third kappa shape index (κ3) is 4.38. The number of hydrogen-bond acceptors (Lipinski definition) is 5. The molecule has 0 radical (unpaired) electrons. The number of carboxylic acid groups (broad SMARTS) is 1. The van der Waals surface area contributed by atoms with Crippen molar-refractivity contribution in [2.24, 2.45) is 5.41 Å². The van der Waals surface area contributed by atoms with Crippen LogP contribution >= 0.6 is 0 Å². The summed E-state index contributed by atoms with van der Waals surface area (Å²) in [6, 6.07) is 15.8. The third-order valence-corrected chi connectivity index (χ3v) is 7.68. The second-order valence-corrected chi connectivity index (χ2v) is 9.85.